The maximum absolute atomic E-state index is 2.32. The molecule has 0 N–H and O–H groups in total. The van der Waals surface area contributed by atoms with Crippen LogP contribution in [0.15, 0.2) is 72.8 Å². The molecule has 0 saturated heterocycles. The summed E-state index contributed by atoms with van der Waals surface area (Å²) < 4.78 is 0.530. The quantitative estimate of drug-likeness (QED) is 0.399. The summed E-state index contributed by atoms with van der Waals surface area (Å²) >= 11 is 4.03. The SMILES string of the molecule is CCSC(SC/C=C/C(C)c1ccccc1)c1ccccc1. The Bertz CT molecular complexity index is 548. The standard InChI is InChI=1S/C20H24S2/c1-3-21-20(19-14-8-5-9-15-19)22-16-10-11-17(2)18-12-6-4-7-13-18/h4-15,17,20H,3,16H2,1-2H3/b11-10+. The van der Waals surface area contributed by atoms with Crippen molar-refractivity contribution in [3.63, 3.8) is 0 Å². The zero-order valence-electron chi connectivity index (χ0n) is 13.3. The minimum absolute atomic E-state index is 0.482. The highest BCUT2D eigenvalue weighted by atomic mass is 32.2. The second kappa shape index (κ2) is 9.81. The molecule has 0 bridgehead atoms. The van der Waals surface area contributed by atoms with Crippen molar-refractivity contribution in [1.29, 1.82) is 0 Å². The Morgan fingerprint density at radius 3 is 2.05 bits per heavy atom. The summed E-state index contributed by atoms with van der Waals surface area (Å²) in [5, 5.41) is 0. The van der Waals surface area contributed by atoms with Crippen LogP contribution in [0.25, 0.3) is 0 Å². The largest absolute Gasteiger partial charge is 0.143 e. The van der Waals surface area contributed by atoms with Gasteiger partial charge in [0.05, 0.1) is 4.58 Å². The van der Waals surface area contributed by atoms with E-state index in [-0.39, 0.29) is 0 Å². The van der Waals surface area contributed by atoms with Crippen LogP contribution in [-0.2, 0) is 0 Å². The molecule has 0 aromatic heterocycles. The lowest BCUT2D eigenvalue weighted by Crippen LogP contribution is -1.92. The summed E-state index contributed by atoms with van der Waals surface area (Å²) in [4.78, 5) is 0. The molecule has 116 valence electrons. The van der Waals surface area contributed by atoms with E-state index in [0.29, 0.717) is 10.5 Å². The zero-order valence-corrected chi connectivity index (χ0v) is 14.9. The highest BCUT2D eigenvalue weighted by molar-refractivity contribution is 8.16. The van der Waals surface area contributed by atoms with Gasteiger partial charge in [0.25, 0.3) is 0 Å². The average molecular weight is 329 g/mol. The van der Waals surface area contributed by atoms with Crippen LogP contribution in [-0.4, -0.2) is 11.5 Å². The topological polar surface area (TPSA) is 0 Å². The summed E-state index contributed by atoms with van der Waals surface area (Å²) in [6, 6.07) is 21.5. The summed E-state index contributed by atoms with van der Waals surface area (Å²) in [7, 11) is 0. The van der Waals surface area contributed by atoms with E-state index in [1.54, 1.807) is 0 Å². The molecule has 0 fully saturated rings. The normalized spacial score (nSPS) is 14.1. The van der Waals surface area contributed by atoms with E-state index in [0.717, 1.165) is 11.5 Å². The molecule has 2 atom stereocenters. The first-order chi connectivity index (χ1) is 10.8. The van der Waals surface area contributed by atoms with E-state index in [1.165, 1.54) is 11.1 Å². The van der Waals surface area contributed by atoms with Crippen molar-refractivity contribution in [2.45, 2.75) is 24.3 Å². The van der Waals surface area contributed by atoms with Crippen molar-refractivity contribution in [2.75, 3.05) is 11.5 Å². The van der Waals surface area contributed by atoms with Crippen molar-refractivity contribution >= 4 is 23.5 Å². The first-order valence-electron chi connectivity index (χ1n) is 7.81. The fourth-order valence-corrected chi connectivity index (χ4v) is 4.70. The van der Waals surface area contributed by atoms with E-state index in [1.807, 2.05) is 23.5 Å². The third-order valence-electron chi connectivity index (χ3n) is 3.48. The summed E-state index contributed by atoms with van der Waals surface area (Å²) in [6.07, 6.45) is 4.63. The Morgan fingerprint density at radius 2 is 1.45 bits per heavy atom. The third kappa shape index (κ3) is 5.58. The van der Waals surface area contributed by atoms with Gasteiger partial charge >= 0.3 is 0 Å². The molecule has 0 nitrogen and oxygen atoms in total. The lowest BCUT2D eigenvalue weighted by Gasteiger charge is -2.15. The van der Waals surface area contributed by atoms with Gasteiger partial charge in [0.15, 0.2) is 0 Å². The number of benzene rings is 2. The Hall–Kier alpha value is -1.12. The molecular weight excluding hydrogens is 304 g/mol. The Balaban J connectivity index is 1.86. The van der Waals surface area contributed by atoms with E-state index >= 15 is 0 Å². The van der Waals surface area contributed by atoms with Crippen LogP contribution in [0.5, 0.6) is 0 Å². The van der Waals surface area contributed by atoms with Crippen molar-refractivity contribution < 1.29 is 0 Å². The minimum Gasteiger partial charge on any atom is -0.143 e. The van der Waals surface area contributed by atoms with Gasteiger partial charge in [-0.25, -0.2) is 0 Å². The van der Waals surface area contributed by atoms with Gasteiger partial charge in [-0.05, 0) is 22.8 Å². The number of rotatable bonds is 8. The molecule has 2 rings (SSSR count). The van der Waals surface area contributed by atoms with Gasteiger partial charge < -0.3 is 0 Å². The summed E-state index contributed by atoms with van der Waals surface area (Å²) in [5.41, 5.74) is 2.80. The van der Waals surface area contributed by atoms with Crippen molar-refractivity contribution in [3.8, 4) is 0 Å². The second-order valence-corrected chi connectivity index (χ2v) is 7.98. The molecular formula is C20H24S2. The monoisotopic (exact) mass is 328 g/mol. The first-order valence-corrected chi connectivity index (χ1v) is 9.90. The van der Waals surface area contributed by atoms with Crippen LogP contribution >= 0.6 is 23.5 Å². The number of hydrogen-bond donors (Lipinski definition) is 0. The van der Waals surface area contributed by atoms with Gasteiger partial charge in [0, 0.05) is 5.75 Å². The fourth-order valence-electron chi connectivity index (χ4n) is 2.27. The molecule has 0 spiro atoms. The predicted octanol–water partition coefficient (Wildman–Crippen LogP) is 6.53. The molecule has 0 heterocycles. The van der Waals surface area contributed by atoms with Gasteiger partial charge in [-0.1, -0.05) is 86.7 Å². The smallest absolute Gasteiger partial charge is 0.0754 e. The molecule has 2 aromatic rings. The van der Waals surface area contributed by atoms with Crippen LogP contribution < -0.4 is 0 Å². The highest BCUT2D eigenvalue weighted by Gasteiger charge is 2.10. The van der Waals surface area contributed by atoms with Crippen LogP contribution in [0.2, 0.25) is 0 Å². The van der Waals surface area contributed by atoms with E-state index in [9.17, 15) is 0 Å². The summed E-state index contributed by atoms with van der Waals surface area (Å²) in [5.74, 6) is 2.69. The second-order valence-electron chi connectivity index (χ2n) is 5.16. The minimum atomic E-state index is 0.482. The number of thioether (sulfide) groups is 2. The van der Waals surface area contributed by atoms with Crippen molar-refractivity contribution in [2.24, 2.45) is 0 Å². The lowest BCUT2D eigenvalue weighted by atomic mass is 10.0. The highest BCUT2D eigenvalue weighted by Crippen LogP contribution is 2.39. The molecule has 0 radical (unpaired) electrons. The number of allylic oxidation sites excluding steroid dienone is 1. The van der Waals surface area contributed by atoms with E-state index in [4.69, 9.17) is 0 Å². The molecule has 0 aliphatic rings. The van der Waals surface area contributed by atoms with Gasteiger partial charge in [-0.15, -0.1) is 23.5 Å². The van der Waals surface area contributed by atoms with Crippen molar-refractivity contribution in [1.82, 2.24) is 0 Å². The molecule has 0 saturated carbocycles. The van der Waals surface area contributed by atoms with Gasteiger partial charge in [-0.3, -0.25) is 0 Å². The van der Waals surface area contributed by atoms with Gasteiger partial charge in [0.2, 0.25) is 0 Å². The molecule has 22 heavy (non-hydrogen) atoms. The molecule has 0 aliphatic carbocycles. The molecule has 2 aromatic carbocycles. The predicted molar refractivity (Wildman–Crippen MR) is 104 cm³/mol. The van der Waals surface area contributed by atoms with Crippen LogP contribution in [0.1, 0.15) is 35.5 Å². The summed E-state index contributed by atoms with van der Waals surface area (Å²) in [6.45, 7) is 4.49. The maximum Gasteiger partial charge on any atom is 0.0754 e. The average Bonchev–Trinajstić information content (AvgIpc) is 2.59. The van der Waals surface area contributed by atoms with E-state index < -0.39 is 0 Å². The Labute approximate surface area is 143 Å². The fraction of sp³-hybridized carbons (Fsp3) is 0.300. The van der Waals surface area contributed by atoms with E-state index in [2.05, 4.69) is 86.7 Å². The van der Waals surface area contributed by atoms with Gasteiger partial charge in [0.1, 0.15) is 0 Å². The van der Waals surface area contributed by atoms with Crippen LogP contribution in [0.3, 0.4) is 0 Å². The van der Waals surface area contributed by atoms with Crippen LogP contribution in [0, 0.1) is 0 Å². The van der Waals surface area contributed by atoms with Gasteiger partial charge in [-0.2, -0.15) is 0 Å². The first kappa shape index (κ1) is 17.2. The molecule has 2 unspecified atom stereocenters. The zero-order chi connectivity index (χ0) is 15.6. The Morgan fingerprint density at radius 1 is 0.864 bits per heavy atom. The Kier molecular flexibility index (Phi) is 7.68. The molecule has 0 aliphatic heterocycles. The number of hydrogen-bond acceptors (Lipinski definition) is 2. The molecule has 2 heteroatoms. The van der Waals surface area contributed by atoms with Crippen molar-refractivity contribution in [3.05, 3.63) is 83.9 Å². The molecule has 0 amide bonds. The van der Waals surface area contributed by atoms with Crippen LogP contribution in [0.4, 0.5) is 0 Å². The maximum atomic E-state index is 2.32. The third-order valence-corrected chi connectivity index (χ3v) is 6.17. The lowest BCUT2D eigenvalue weighted by molar-refractivity contribution is 0.965.